The lowest BCUT2D eigenvalue weighted by molar-refractivity contribution is -0.123. The summed E-state index contributed by atoms with van der Waals surface area (Å²) in [5.74, 6) is -1.12. The van der Waals surface area contributed by atoms with E-state index in [1.165, 1.54) is 31.6 Å². The minimum atomic E-state index is -1.04. The van der Waals surface area contributed by atoms with Crippen molar-refractivity contribution in [3.63, 3.8) is 0 Å². The van der Waals surface area contributed by atoms with Crippen LogP contribution in [0.25, 0.3) is 0 Å². The molecule has 2 aromatic rings. The van der Waals surface area contributed by atoms with Crippen molar-refractivity contribution < 1.29 is 23.9 Å². The number of nitrogens with zero attached hydrogens (tertiary/aromatic N) is 1. The highest BCUT2D eigenvalue weighted by Gasteiger charge is 2.34. The molecule has 0 aromatic carbocycles. The SMILES string of the molecule is COC(=O)c1c(NC(=O)C(C)OC(=O)c2cccnc2)sc2c1CCC(C(C)(C)C)C2. The zero-order chi connectivity index (χ0) is 22.8. The fraction of sp³-hybridized carbons (Fsp3) is 0.478. The maximum Gasteiger partial charge on any atom is 0.341 e. The Balaban J connectivity index is 1.79. The Morgan fingerprint density at radius 2 is 2.00 bits per heavy atom. The second-order valence-corrected chi connectivity index (χ2v) is 9.89. The quantitative estimate of drug-likeness (QED) is 0.693. The molecular formula is C23H28N2O5S. The topological polar surface area (TPSA) is 94.6 Å². The zero-order valence-corrected chi connectivity index (χ0v) is 19.3. The van der Waals surface area contributed by atoms with Crippen LogP contribution in [0.5, 0.6) is 0 Å². The van der Waals surface area contributed by atoms with Crippen LogP contribution in [0.3, 0.4) is 0 Å². The number of aromatic nitrogens is 1. The van der Waals surface area contributed by atoms with Crippen molar-refractivity contribution in [1.29, 1.82) is 0 Å². The van der Waals surface area contributed by atoms with Gasteiger partial charge in [-0.05, 0) is 55.2 Å². The molecule has 0 saturated carbocycles. The third-order valence-corrected chi connectivity index (χ3v) is 6.84. The summed E-state index contributed by atoms with van der Waals surface area (Å²) in [6, 6.07) is 3.18. The molecule has 0 spiro atoms. The molecule has 0 fully saturated rings. The second kappa shape index (κ2) is 9.18. The number of carbonyl (C=O) groups is 3. The lowest BCUT2D eigenvalue weighted by Crippen LogP contribution is -2.30. The summed E-state index contributed by atoms with van der Waals surface area (Å²) in [7, 11) is 1.33. The molecular weight excluding hydrogens is 416 g/mol. The molecule has 2 heterocycles. The molecule has 2 unspecified atom stereocenters. The molecule has 166 valence electrons. The number of methoxy groups -OCH3 is 1. The lowest BCUT2D eigenvalue weighted by Gasteiger charge is -2.33. The number of thiophene rings is 1. The van der Waals surface area contributed by atoms with Crippen molar-refractivity contribution in [3.05, 3.63) is 46.1 Å². The summed E-state index contributed by atoms with van der Waals surface area (Å²) >= 11 is 1.40. The summed E-state index contributed by atoms with van der Waals surface area (Å²) in [6.07, 6.45) is 4.48. The van der Waals surface area contributed by atoms with Crippen LogP contribution in [0, 0.1) is 11.3 Å². The van der Waals surface area contributed by atoms with E-state index in [1.54, 1.807) is 18.3 Å². The van der Waals surface area contributed by atoms with Gasteiger partial charge >= 0.3 is 11.9 Å². The van der Waals surface area contributed by atoms with E-state index >= 15 is 0 Å². The standard InChI is InChI=1S/C23H28N2O5S/c1-13(30-21(27)14-7-6-10-24-12-14)19(26)25-20-18(22(28)29-5)16-9-8-15(23(2,3)4)11-17(16)31-20/h6-7,10,12-13,15H,8-9,11H2,1-5H3,(H,25,26). The van der Waals surface area contributed by atoms with Crippen molar-refractivity contribution in [2.24, 2.45) is 11.3 Å². The number of ether oxygens (including phenoxy) is 2. The van der Waals surface area contributed by atoms with E-state index in [0.717, 1.165) is 29.7 Å². The predicted molar refractivity (Wildman–Crippen MR) is 118 cm³/mol. The molecule has 3 rings (SSSR count). The first-order valence-corrected chi connectivity index (χ1v) is 11.1. The van der Waals surface area contributed by atoms with Crippen molar-refractivity contribution >= 4 is 34.2 Å². The largest absolute Gasteiger partial charge is 0.465 e. The highest BCUT2D eigenvalue weighted by Crippen LogP contribution is 2.44. The van der Waals surface area contributed by atoms with E-state index in [1.807, 2.05) is 0 Å². The van der Waals surface area contributed by atoms with Gasteiger partial charge in [0.2, 0.25) is 0 Å². The average molecular weight is 445 g/mol. The van der Waals surface area contributed by atoms with E-state index < -0.39 is 23.9 Å². The molecule has 7 nitrogen and oxygen atoms in total. The predicted octanol–water partition coefficient (Wildman–Crippen LogP) is 4.26. The highest BCUT2D eigenvalue weighted by molar-refractivity contribution is 7.17. The number of rotatable bonds is 5. The monoisotopic (exact) mass is 444 g/mol. The minimum Gasteiger partial charge on any atom is -0.465 e. The Kier molecular flexibility index (Phi) is 6.79. The van der Waals surface area contributed by atoms with E-state index in [9.17, 15) is 14.4 Å². The van der Waals surface area contributed by atoms with Crippen molar-refractivity contribution in [2.75, 3.05) is 12.4 Å². The van der Waals surface area contributed by atoms with Crippen LogP contribution in [0.4, 0.5) is 5.00 Å². The molecule has 2 atom stereocenters. The number of fused-ring (bicyclic) bond motifs is 1. The van der Waals surface area contributed by atoms with Crippen LogP contribution in [-0.4, -0.2) is 36.0 Å². The Labute approximate surface area is 186 Å². The number of pyridine rings is 1. The molecule has 8 heteroatoms. The number of carbonyl (C=O) groups excluding carboxylic acids is 3. The number of esters is 2. The van der Waals surface area contributed by atoms with Gasteiger partial charge < -0.3 is 14.8 Å². The summed E-state index contributed by atoms with van der Waals surface area (Å²) in [5, 5.41) is 3.22. The summed E-state index contributed by atoms with van der Waals surface area (Å²) < 4.78 is 10.2. The highest BCUT2D eigenvalue weighted by atomic mass is 32.1. The van der Waals surface area contributed by atoms with Crippen LogP contribution < -0.4 is 5.32 Å². The van der Waals surface area contributed by atoms with Gasteiger partial charge in [-0.2, -0.15) is 0 Å². The maximum absolute atomic E-state index is 12.7. The van der Waals surface area contributed by atoms with Crippen molar-refractivity contribution in [1.82, 2.24) is 4.98 Å². The number of hydrogen-bond donors (Lipinski definition) is 1. The van der Waals surface area contributed by atoms with Crippen LogP contribution in [-0.2, 0) is 27.1 Å². The second-order valence-electron chi connectivity index (χ2n) is 8.78. The Morgan fingerprint density at radius 1 is 1.26 bits per heavy atom. The average Bonchev–Trinajstić information content (AvgIpc) is 3.10. The molecule has 0 saturated heterocycles. The maximum atomic E-state index is 12.7. The zero-order valence-electron chi connectivity index (χ0n) is 18.5. The third-order valence-electron chi connectivity index (χ3n) is 5.67. The normalized spacial score (nSPS) is 16.7. The summed E-state index contributed by atoms with van der Waals surface area (Å²) in [4.78, 5) is 42.4. The van der Waals surface area contributed by atoms with Crippen LogP contribution in [0.15, 0.2) is 24.5 Å². The molecule has 1 amide bonds. The van der Waals surface area contributed by atoms with Gasteiger partial charge in [-0.1, -0.05) is 20.8 Å². The van der Waals surface area contributed by atoms with Gasteiger partial charge in [0.1, 0.15) is 5.00 Å². The smallest absolute Gasteiger partial charge is 0.341 e. The van der Waals surface area contributed by atoms with Gasteiger partial charge in [0.25, 0.3) is 5.91 Å². The van der Waals surface area contributed by atoms with Crippen LogP contribution >= 0.6 is 11.3 Å². The Morgan fingerprint density at radius 3 is 2.61 bits per heavy atom. The van der Waals surface area contributed by atoms with E-state index in [0.29, 0.717) is 16.5 Å². The van der Waals surface area contributed by atoms with E-state index in [4.69, 9.17) is 9.47 Å². The first-order valence-electron chi connectivity index (χ1n) is 10.3. The molecule has 2 aromatic heterocycles. The van der Waals surface area contributed by atoms with Gasteiger partial charge in [-0.15, -0.1) is 11.3 Å². The van der Waals surface area contributed by atoms with Gasteiger partial charge in [0.05, 0.1) is 18.2 Å². The number of nitrogens with one attached hydrogen (secondary N) is 1. The third kappa shape index (κ3) is 5.12. The van der Waals surface area contributed by atoms with Gasteiger partial charge in [0, 0.05) is 17.3 Å². The van der Waals surface area contributed by atoms with Gasteiger partial charge in [-0.25, -0.2) is 9.59 Å². The molecule has 0 bridgehead atoms. The number of hydrogen-bond acceptors (Lipinski definition) is 7. The first kappa shape index (κ1) is 22.9. The summed E-state index contributed by atoms with van der Waals surface area (Å²) in [5.41, 5.74) is 1.78. The fourth-order valence-electron chi connectivity index (χ4n) is 3.71. The van der Waals surface area contributed by atoms with E-state index in [2.05, 4.69) is 31.1 Å². The van der Waals surface area contributed by atoms with E-state index in [-0.39, 0.29) is 11.0 Å². The molecule has 1 aliphatic carbocycles. The lowest BCUT2D eigenvalue weighted by atomic mass is 9.72. The molecule has 0 radical (unpaired) electrons. The van der Waals surface area contributed by atoms with Crippen molar-refractivity contribution in [2.45, 2.75) is 53.1 Å². The molecule has 1 N–H and O–H groups in total. The number of amides is 1. The summed E-state index contributed by atoms with van der Waals surface area (Å²) in [6.45, 7) is 8.15. The minimum absolute atomic E-state index is 0.158. The molecule has 1 aliphatic rings. The molecule has 31 heavy (non-hydrogen) atoms. The van der Waals surface area contributed by atoms with Crippen molar-refractivity contribution in [3.8, 4) is 0 Å². The molecule has 0 aliphatic heterocycles. The van der Waals surface area contributed by atoms with Gasteiger partial charge in [0.15, 0.2) is 6.10 Å². The van der Waals surface area contributed by atoms with Crippen LogP contribution in [0.1, 0.15) is 65.3 Å². The Bertz CT molecular complexity index is 978. The fourth-order valence-corrected chi connectivity index (χ4v) is 5.03. The first-order chi connectivity index (χ1) is 14.6. The van der Waals surface area contributed by atoms with Crippen LogP contribution in [0.2, 0.25) is 0 Å². The number of anilines is 1. The Hall–Kier alpha value is -2.74. The van der Waals surface area contributed by atoms with Gasteiger partial charge in [-0.3, -0.25) is 9.78 Å².